The maximum atomic E-state index is 13.6. The van der Waals surface area contributed by atoms with Gasteiger partial charge in [0.15, 0.2) is 0 Å². The zero-order valence-electron chi connectivity index (χ0n) is 23.8. The molecule has 0 spiro atoms. The summed E-state index contributed by atoms with van der Waals surface area (Å²) < 4.78 is 42.5. The number of likely N-dealkylation sites (N-methyl/N-ethyl adjacent to an activating group) is 1. The van der Waals surface area contributed by atoms with Crippen molar-refractivity contribution >= 4 is 32.7 Å². The molecule has 0 atom stereocenters. The Hall–Kier alpha value is -5.16. The first kappa shape index (κ1) is 28.0. The first-order valence-electron chi connectivity index (χ1n) is 13.6. The van der Waals surface area contributed by atoms with Crippen LogP contribution in [0.25, 0.3) is 33.5 Å². The standard InChI is InChI=1S/C32H29N5O5S/c1-21-22(2)34-42-31(21)35-43(39,40)29-11-7-5-9-27(29)26-13-12-24(32-33-15-17-41-32)18-25(26)19-36(3)30(38)20-37-16-14-23-8-4-6-10-28(23)37/h4-18,35H,19-20H2,1-3H3. The molecule has 6 aromatic rings. The molecule has 0 aliphatic heterocycles. The molecule has 0 unspecified atom stereocenters. The minimum atomic E-state index is -4.07. The highest BCUT2D eigenvalue weighted by molar-refractivity contribution is 7.92. The Balaban J connectivity index is 1.37. The van der Waals surface area contributed by atoms with Crippen molar-refractivity contribution in [1.29, 1.82) is 0 Å². The number of hydrogen-bond donors (Lipinski definition) is 1. The fourth-order valence-corrected chi connectivity index (χ4v) is 6.26. The molecule has 0 fully saturated rings. The maximum Gasteiger partial charge on any atom is 0.264 e. The summed E-state index contributed by atoms with van der Waals surface area (Å²) in [7, 11) is -2.34. The van der Waals surface area contributed by atoms with Gasteiger partial charge in [0.25, 0.3) is 10.0 Å². The molecule has 1 amide bonds. The highest BCUT2D eigenvalue weighted by Gasteiger charge is 2.25. The first-order chi connectivity index (χ1) is 20.7. The summed E-state index contributed by atoms with van der Waals surface area (Å²) in [6.45, 7) is 3.84. The van der Waals surface area contributed by atoms with Gasteiger partial charge in [-0.2, -0.15) is 0 Å². The van der Waals surface area contributed by atoms with Crippen LogP contribution < -0.4 is 4.72 Å². The molecule has 0 radical (unpaired) electrons. The number of fused-ring (bicyclic) bond motifs is 1. The van der Waals surface area contributed by atoms with Gasteiger partial charge in [-0.05, 0) is 60.7 Å². The molecule has 43 heavy (non-hydrogen) atoms. The van der Waals surface area contributed by atoms with Crippen LogP contribution >= 0.6 is 0 Å². The molecule has 0 saturated carbocycles. The van der Waals surface area contributed by atoms with Gasteiger partial charge in [0.05, 0.1) is 16.8 Å². The second kappa shape index (κ2) is 11.3. The third kappa shape index (κ3) is 5.54. The molecule has 6 rings (SSSR count). The van der Waals surface area contributed by atoms with Gasteiger partial charge < -0.3 is 18.4 Å². The predicted molar refractivity (Wildman–Crippen MR) is 163 cm³/mol. The zero-order valence-corrected chi connectivity index (χ0v) is 24.6. The number of rotatable bonds is 9. The minimum absolute atomic E-state index is 0.0568. The number of benzene rings is 3. The lowest BCUT2D eigenvalue weighted by molar-refractivity contribution is -0.131. The molecule has 3 aromatic carbocycles. The lowest BCUT2D eigenvalue weighted by Crippen LogP contribution is -2.29. The summed E-state index contributed by atoms with van der Waals surface area (Å²) in [4.78, 5) is 19.4. The fourth-order valence-electron chi connectivity index (χ4n) is 4.99. The highest BCUT2D eigenvalue weighted by atomic mass is 32.2. The molecule has 1 N–H and O–H groups in total. The number of oxazole rings is 1. The van der Waals surface area contributed by atoms with Crippen molar-refractivity contribution in [1.82, 2.24) is 19.6 Å². The molecular weight excluding hydrogens is 566 g/mol. The van der Waals surface area contributed by atoms with Crippen LogP contribution in [0.5, 0.6) is 0 Å². The second-order valence-electron chi connectivity index (χ2n) is 10.3. The van der Waals surface area contributed by atoms with Gasteiger partial charge in [0.1, 0.15) is 12.8 Å². The lowest BCUT2D eigenvalue weighted by Gasteiger charge is -2.21. The van der Waals surface area contributed by atoms with Crippen LogP contribution in [-0.4, -0.2) is 41.0 Å². The van der Waals surface area contributed by atoms with Gasteiger partial charge in [-0.15, -0.1) is 0 Å². The number of anilines is 1. The average Bonchev–Trinajstić information content (AvgIpc) is 3.76. The van der Waals surface area contributed by atoms with Crippen LogP contribution in [0, 0.1) is 13.8 Å². The Morgan fingerprint density at radius 1 is 1.00 bits per heavy atom. The van der Waals surface area contributed by atoms with Crippen molar-refractivity contribution < 1.29 is 22.2 Å². The summed E-state index contributed by atoms with van der Waals surface area (Å²) in [5, 5.41) is 4.92. The maximum absolute atomic E-state index is 13.6. The molecule has 11 heteroatoms. The predicted octanol–water partition coefficient (Wildman–Crippen LogP) is 6.03. The number of nitrogens with one attached hydrogen (secondary N) is 1. The number of para-hydroxylation sites is 1. The van der Waals surface area contributed by atoms with Gasteiger partial charge in [-0.3, -0.25) is 4.79 Å². The van der Waals surface area contributed by atoms with Crippen molar-refractivity contribution in [3.63, 3.8) is 0 Å². The second-order valence-corrected chi connectivity index (χ2v) is 11.9. The van der Waals surface area contributed by atoms with E-state index in [1.807, 2.05) is 59.3 Å². The molecule has 3 heterocycles. The summed E-state index contributed by atoms with van der Waals surface area (Å²) >= 11 is 0. The van der Waals surface area contributed by atoms with Crippen LogP contribution in [0.2, 0.25) is 0 Å². The van der Waals surface area contributed by atoms with Gasteiger partial charge in [0, 0.05) is 42.0 Å². The number of carbonyl (C=O) groups excluding carboxylic acids is 1. The smallest absolute Gasteiger partial charge is 0.264 e. The van der Waals surface area contributed by atoms with E-state index in [4.69, 9.17) is 8.94 Å². The van der Waals surface area contributed by atoms with E-state index in [2.05, 4.69) is 14.9 Å². The zero-order chi connectivity index (χ0) is 30.1. The van der Waals surface area contributed by atoms with E-state index >= 15 is 0 Å². The third-order valence-electron chi connectivity index (χ3n) is 7.45. The van der Waals surface area contributed by atoms with Crippen molar-refractivity contribution in [3.05, 3.63) is 108 Å². The van der Waals surface area contributed by atoms with Crippen LogP contribution in [0.3, 0.4) is 0 Å². The molecule has 218 valence electrons. The topological polar surface area (TPSA) is 123 Å². The Morgan fingerprint density at radius 3 is 2.56 bits per heavy atom. The molecule has 0 saturated heterocycles. The number of hydrogen-bond acceptors (Lipinski definition) is 7. The van der Waals surface area contributed by atoms with Crippen molar-refractivity contribution in [2.24, 2.45) is 0 Å². The van der Waals surface area contributed by atoms with Crippen molar-refractivity contribution in [3.8, 4) is 22.6 Å². The van der Waals surface area contributed by atoms with E-state index in [0.29, 0.717) is 33.8 Å². The van der Waals surface area contributed by atoms with E-state index in [0.717, 1.165) is 16.5 Å². The van der Waals surface area contributed by atoms with E-state index in [1.54, 1.807) is 50.2 Å². The average molecular weight is 596 g/mol. The van der Waals surface area contributed by atoms with Gasteiger partial charge >= 0.3 is 0 Å². The number of aryl methyl sites for hydroxylation is 1. The third-order valence-corrected chi connectivity index (χ3v) is 8.84. The van der Waals surface area contributed by atoms with Crippen LogP contribution in [0.15, 0.2) is 105 Å². The largest absolute Gasteiger partial charge is 0.445 e. The molecular formula is C32H29N5O5S. The van der Waals surface area contributed by atoms with E-state index in [-0.39, 0.29) is 29.8 Å². The summed E-state index contributed by atoms with van der Waals surface area (Å²) in [6, 6.07) is 22.1. The number of nitrogens with zero attached hydrogens (tertiary/aromatic N) is 4. The van der Waals surface area contributed by atoms with Crippen LogP contribution in [-0.2, 0) is 27.9 Å². The lowest BCUT2D eigenvalue weighted by atomic mass is 9.97. The number of carbonyl (C=O) groups is 1. The number of aromatic nitrogens is 3. The van der Waals surface area contributed by atoms with Gasteiger partial charge in [0.2, 0.25) is 17.7 Å². The monoisotopic (exact) mass is 595 g/mol. The molecule has 0 bridgehead atoms. The normalized spacial score (nSPS) is 11.6. The van der Waals surface area contributed by atoms with E-state index in [1.165, 1.54) is 12.3 Å². The summed E-state index contributed by atoms with van der Waals surface area (Å²) in [6.07, 6.45) is 4.94. The molecule has 0 aliphatic carbocycles. The summed E-state index contributed by atoms with van der Waals surface area (Å²) in [5.74, 6) is 0.376. The molecule has 0 aliphatic rings. The quantitative estimate of drug-likeness (QED) is 0.217. The number of amides is 1. The van der Waals surface area contributed by atoms with Crippen molar-refractivity contribution in [2.75, 3.05) is 11.8 Å². The number of sulfonamides is 1. The molecule has 10 nitrogen and oxygen atoms in total. The highest BCUT2D eigenvalue weighted by Crippen LogP contribution is 2.34. The van der Waals surface area contributed by atoms with E-state index < -0.39 is 10.0 Å². The first-order valence-corrected chi connectivity index (χ1v) is 15.1. The van der Waals surface area contributed by atoms with Crippen molar-refractivity contribution in [2.45, 2.75) is 31.8 Å². The van der Waals surface area contributed by atoms with E-state index in [9.17, 15) is 13.2 Å². The Morgan fingerprint density at radius 2 is 1.79 bits per heavy atom. The van der Waals surface area contributed by atoms with Crippen LogP contribution in [0.1, 0.15) is 16.8 Å². The Labute approximate surface area is 248 Å². The SMILES string of the molecule is Cc1noc(NS(=O)(=O)c2ccccc2-c2ccc(-c3ncco3)cc2CN(C)C(=O)Cn2ccc3ccccc32)c1C. The van der Waals surface area contributed by atoms with Gasteiger partial charge in [-0.1, -0.05) is 47.6 Å². The summed E-state index contributed by atoms with van der Waals surface area (Å²) in [5.41, 5.74) is 4.71. The van der Waals surface area contributed by atoms with Crippen LogP contribution in [0.4, 0.5) is 5.88 Å². The molecule has 3 aromatic heterocycles. The van der Waals surface area contributed by atoms with Gasteiger partial charge in [-0.25, -0.2) is 18.1 Å². The minimum Gasteiger partial charge on any atom is -0.445 e. The Kier molecular flexibility index (Phi) is 7.32. The fraction of sp³-hybridized carbons (Fsp3) is 0.156. The Bertz CT molecular complexity index is 2040.